The Labute approximate surface area is 72.8 Å². The lowest BCUT2D eigenvalue weighted by molar-refractivity contribution is -0.145. The number of carbonyl (C=O) groups is 1. The lowest BCUT2D eigenvalue weighted by Gasteiger charge is -1.95. The Morgan fingerprint density at radius 1 is 1.33 bits per heavy atom. The average molecular weight is 178 g/mol. The molecule has 4 nitrogen and oxygen atoms in total. The highest BCUT2D eigenvalue weighted by Gasteiger charge is 2.01. The van der Waals surface area contributed by atoms with Crippen molar-refractivity contribution in [3.63, 3.8) is 0 Å². The van der Waals surface area contributed by atoms with Crippen molar-refractivity contribution in [2.45, 2.75) is 33.3 Å². The molecule has 0 aliphatic rings. The number of carboxylic acid groups (broad SMARTS) is 1. The molecule has 1 unspecified atom stereocenters. The van der Waals surface area contributed by atoms with Crippen LogP contribution in [0.15, 0.2) is 0 Å². The van der Waals surface area contributed by atoms with Crippen LogP contribution < -0.4 is 0 Å². The first-order chi connectivity index (χ1) is 5.41. The number of aliphatic carboxylic acids is 1. The summed E-state index contributed by atoms with van der Waals surface area (Å²) in [5.41, 5.74) is 0. The number of aliphatic hydroxyl groups is 2. The van der Waals surface area contributed by atoms with Crippen LogP contribution in [0, 0.1) is 5.92 Å². The van der Waals surface area contributed by atoms with E-state index in [2.05, 4.69) is 13.8 Å². The Kier molecular flexibility index (Phi) is 9.86. The van der Waals surface area contributed by atoms with Gasteiger partial charge in [0.05, 0.1) is 0 Å². The molecule has 4 heteroatoms. The molecule has 0 aromatic carbocycles. The van der Waals surface area contributed by atoms with Crippen LogP contribution >= 0.6 is 0 Å². The van der Waals surface area contributed by atoms with E-state index < -0.39 is 12.1 Å². The van der Waals surface area contributed by atoms with Gasteiger partial charge in [0.1, 0.15) is 6.10 Å². The van der Waals surface area contributed by atoms with Crippen molar-refractivity contribution in [2.75, 3.05) is 6.61 Å². The first kappa shape index (κ1) is 13.9. The van der Waals surface area contributed by atoms with Gasteiger partial charge in [-0.05, 0) is 19.3 Å². The molecular formula is C8H18O4. The van der Waals surface area contributed by atoms with Crippen LogP contribution in [0.2, 0.25) is 0 Å². The second-order valence-electron chi connectivity index (χ2n) is 2.92. The van der Waals surface area contributed by atoms with Gasteiger partial charge in [0.2, 0.25) is 0 Å². The number of aliphatic hydroxyl groups excluding tert-OH is 2. The normalized spacial score (nSPS) is 11.8. The molecule has 0 fully saturated rings. The molecule has 0 heterocycles. The molecule has 0 bridgehead atoms. The van der Waals surface area contributed by atoms with Crippen molar-refractivity contribution < 1.29 is 20.1 Å². The second kappa shape index (κ2) is 8.49. The summed E-state index contributed by atoms with van der Waals surface area (Å²) in [7, 11) is 0. The Bertz CT molecular complexity index is 110. The molecule has 0 aliphatic heterocycles. The van der Waals surface area contributed by atoms with E-state index in [0.29, 0.717) is 12.5 Å². The number of carboxylic acids is 1. The SMILES string of the molecule is CC(C)CCO.CC(O)C(=O)O. The van der Waals surface area contributed by atoms with Crippen molar-refractivity contribution >= 4 is 5.97 Å². The fourth-order valence-electron chi connectivity index (χ4n) is 0.258. The van der Waals surface area contributed by atoms with Crippen LogP contribution in [0.5, 0.6) is 0 Å². The molecule has 0 amide bonds. The summed E-state index contributed by atoms with van der Waals surface area (Å²) < 4.78 is 0. The quantitative estimate of drug-likeness (QED) is 0.587. The Morgan fingerprint density at radius 3 is 1.67 bits per heavy atom. The minimum Gasteiger partial charge on any atom is -0.479 e. The molecule has 0 aliphatic carbocycles. The Hall–Kier alpha value is -0.610. The molecule has 0 saturated heterocycles. The fourth-order valence-corrected chi connectivity index (χ4v) is 0.258. The summed E-state index contributed by atoms with van der Waals surface area (Å²) >= 11 is 0. The minimum atomic E-state index is -1.23. The molecule has 0 spiro atoms. The topological polar surface area (TPSA) is 77.8 Å². The predicted molar refractivity (Wildman–Crippen MR) is 45.9 cm³/mol. The first-order valence-electron chi connectivity index (χ1n) is 3.93. The van der Waals surface area contributed by atoms with Crippen LogP contribution in [-0.4, -0.2) is 34.0 Å². The summed E-state index contributed by atoms with van der Waals surface area (Å²) in [5, 5.41) is 24.0. The van der Waals surface area contributed by atoms with Crippen LogP contribution in [0.1, 0.15) is 27.2 Å². The van der Waals surface area contributed by atoms with Crippen LogP contribution in [0.3, 0.4) is 0 Å². The van der Waals surface area contributed by atoms with Gasteiger partial charge in [-0.1, -0.05) is 13.8 Å². The molecule has 3 N–H and O–H groups in total. The highest BCUT2D eigenvalue weighted by atomic mass is 16.4. The molecule has 0 aromatic rings. The summed E-state index contributed by atoms with van der Waals surface area (Å²) in [6, 6.07) is 0. The monoisotopic (exact) mass is 178 g/mol. The zero-order chi connectivity index (χ0) is 10.1. The van der Waals surface area contributed by atoms with E-state index in [-0.39, 0.29) is 0 Å². The van der Waals surface area contributed by atoms with Gasteiger partial charge >= 0.3 is 5.97 Å². The van der Waals surface area contributed by atoms with Gasteiger partial charge in [-0.2, -0.15) is 0 Å². The lowest BCUT2D eigenvalue weighted by atomic mass is 10.2. The number of hydrogen-bond donors (Lipinski definition) is 3. The summed E-state index contributed by atoms with van der Waals surface area (Å²) in [6.07, 6.45) is -0.301. The standard InChI is InChI=1S/C5H12O.C3H6O3/c1-5(2)3-4-6;1-2(4)3(5)6/h5-6H,3-4H2,1-2H3;2,4H,1H3,(H,5,6). The van der Waals surface area contributed by atoms with Gasteiger partial charge in [0.15, 0.2) is 0 Å². The Balaban J connectivity index is 0. The zero-order valence-corrected chi connectivity index (χ0v) is 7.82. The van der Waals surface area contributed by atoms with Gasteiger partial charge in [0.25, 0.3) is 0 Å². The third-order valence-corrected chi connectivity index (χ3v) is 1.06. The summed E-state index contributed by atoms with van der Waals surface area (Å²) in [4.78, 5) is 9.45. The second-order valence-corrected chi connectivity index (χ2v) is 2.92. The Morgan fingerprint density at radius 2 is 1.67 bits per heavy atom. The third kappa shape index (κ3) is 16.2. The smallest absolute Gasteiger partial charge is 0.332 e. The zero-order valence-electron chi connectivity index (χ0n) is 7.82. The van der Waals surface area contributed by atoms with Crippen LogP contribution in [0.4, 0.5) is 0 Å². The van der Waals surface area contributed by atoms with E-state index in [0.717, 1.165) is 6.42 Å². The van der Waals surface area contributed by atoms with Gasteiger partial charge in [-0.3, -0.25) is 0 Å². The van der Waals surface area contributed by atoms with Gasteiger partial charge < -0.3 is 15.3 Å². The fraction of sp³-hybridized carbons (Fsp3) is 0.875. The molecule has 1 atom stereocenters. The maximum absolute atomic E-state index is 9.45. The third-order valence-electron chi connectivity index (χ3n) is 1.06. The summed E-state index contributed by atoms with van der Waals surface area (Å²) in [5.74, 6) is -0.537. The lowest BCUT2D eigenvalue weighted by Crippen LogP contribution is -2.13. The molecule has 0 radical (unpaired) electrons. The first-order valence-corrected chi connectivity index (χ1v) is 3.93. The minimum absolute atomic E-state index is 0.331. The van der Waals surface area contributed by atoms with Crippen molar-refractivity contribution in [1.29, 1.82) is 0 Å². The maximum Gasteiger partial charge on any atom is 0.332 e. The molecule has 74 valence electrons. The van der Waals surface area contributed by atoms with Gasteiger partial charge in [-0.25, -0.2) is 4.79 Å². The average Bonchev–Trinajstić information content (AvgIpc) is 1.87. The van der Waals surface area contributed by atoms with Crippen molar-refractivity contribution in [2.24, 2.45) is 5.92 Å². The van der Waals surface area contributed by atoms with Gasteiger partial charge in [0, 0.05) is 6.61 Å². The highest BCUT2D eigenvalue weighted by molar-refractivity contribution is 5.71. The van der Waals surface area contributed by atoms with Crippen LogP contribution in [0.25, 0.3) is 0 Å². The number of rotatable bonds is 3. The predicted octanol–water partition coefficient (Wildman–Crippen LogP) is 0.477. The maximum atomic E-state index is 9.45. The molecule has 12 heavy (non-hydrogen) atoms. The van der Waals surface area contributed by atoms with E-state index in [9.17, 15) is 4.79 Å². The van der Waals surface area contributed by atoms with E-state index >= 15 is 0 Å². The van der Waals surface area contributed by atoms with Crippen LogP contribution in [-0.2, 0) is 4.79 Å². The van der Waals surface area contributed by atoms with Gasteiger partial charge in [-0.15, -0.1) is 0 Å². The molecule has 0 aromatic heterocycles. The van der Waals surface area contributed by atoms with E-state index in [1.165, 1.54) is 6.92 Å². The van der Waals surface area contributed by atoms with Crippen molar-refractivity contribution in [3.8, 4) is 0 Å². The van der Waals surface area contributed by atoms with E-state index in [1.54, 1.807) is 0 Å². The highest BCUT2D eigenvalue weighted by Crippen LogP contribution is 1.94. The number of hydrogen-bond acceptors (Lipinski definition) is 3. The molecular weight excluding hydrogens is 160 g/mol. The van der Waals surface area contributed by atoms with E-state index in [1.807, 2.05) is 0 Å². The van der Waals surface area contributed by atoms with Crippen molar-refractivity contribution in [3.05, 3.63) is 0 Å². The summed E-state index contributed by atoms with van der Waals surface area (Å²) in [6.45, 7) is 5.71. The van der Waals surface area contributed by atoms with E-state index in [4.69, 9.17) is 15.3 Å². The largest absolute Gasteiger partial charge is 0.479 e. The molecule has 0 rings (SSSR count). The van der Waals surface area contributed by atoms with Crippen molar-refractivity contribution in [1.82, 2.24) is 0 Å². The molecule has 0 saturated carbocycles.